The summed E-state index contributed by atoms with van der Waals surface area (Å²) in [4.78, 5) is 14.6. The summed E-state index contributed by atoms with van der Waals surface area (Å²) in [6.07, 6.45) is 0.708. The third kappa shape index (κ3) is 2.13. The van der Waals surface area contributed by atoms with Crippen LogP contribution in [0.4, 0.5) is 8.78 Å². The molecule has 0 unspecified atom stereocenters. The molecule has 1 heterocycles. The van der Waals surface area contributed by atoms with Crippen molar-refractivity contribution in [1.82, 2.24) is 4.98 Å². The van der Waals surface area contributed by atoms with E-state index in [0.717, 1.165) is 28.1 Å². The van der Waals surface area contributed by atoms with Gasteiger partial charge in [-0.15, -0.1) is 0 Å². The van der Waals surface area contributed by atoms with Crippen LogP contribution in [0.1, 0.15) is 21.5 Å². The van der Waals surface area contributed by atoms with Crippen LogP contribution >= 0.6 is 0 Å². The monoisotopic (exact) mass is 285 g/mol. The van der Waals surface area contributed by atoms with Crippen LogP contribution in [0.25, 0.3) is 22.2 Å². The molecule has 0 fully saturated rings. The Balaban J connectivity index is 2.37. The Morgan fingerprint density at radius 1 is 1.10 bits per heavy atom. The third-order valence-corrected chi connectivity index (χ3v) is 3.60. The van der Waals surface area contributed by atoms with Gasteiger partial charge in [0.05, 0.1) is 5.69 Å². The zero-order valence-electron chi connectivity index (χ0n) is 11.6. The van der Waals surface area contributed by atoms with Gasteiger partial charge in [0.2, 0.25) is 0 Å². The van der Waals surface area contributed by atoms with Gasteiger partial charge >= 0.3 is 0 Å². The van der Waals surface area contributed by atoms with Crippen LogP contribution in [0.3, 0.4) is 0 Å². The first-order valence-corrected chi connectivity index (χ1v) is 6.55. The summed E-state index contributed by atoms with van der Waals surface area (Å²) in [6.45, 7) is 3.85. The third-order valence-electron chi connectivity index (χ3n) is 3.60. The van der Waals surface area contributed by atoms with Gasteiger partial charge in [0.15, 0.2) is 6.29 Å². The number of aromatic nitrogens is 1. The van der Waals surface area contributed by atoms with Crippen molar-refractivity contribution in [2.24, 2.45) is 0 Å². The molecule has 21 heavy (non-hydrogen) atoms. The maximum Gasteiger partial charge on any atom is 0.152 e. The predicted molar refractivity (Wildman–Crippen MR) is 78.5 cm³/mol. The lowest BCUT2D eigenvalue weighted by Crippen LogP contribution is -1.90. The van der Waals surface area contributed by atoms with Crippen LogP contribution in [0, 0.1) is 25.5 Å². The molecule has 2 nitrogen and oxygen atoms in total. The van der Waals surface area contributed by atoms with Crippen molar-refractivity contribution in [1.29, 1.82) is 0 Å². The first-order chi connectivity index (χ1) is 10.0. The lowest BCUT2D eigenvalue weighted by molar-refractivity contribution is 0.112. The number of hydrogen-bond donors (Lipinski definition) is 1. The maximum atomic E-state index is 14.0. The van der Waals surface area contributed by atoms with E-state index in [0.29, 0.717) is 17.5 Å². The van der Waals surface area contributed by atoms with E-state index in [-0.39, 0.29) is 5.56 Å². The predicted octanol–water partition coefficient (Wildman–Crippen LogP) is 4.54. The van der Waals surface area contributed by atoms with Crippen LogP contribution in [0.5, 0.6) is 0 Å². The van der Waals surface area contributed by atoms with Crippen molar-refractivity contribution in [2.75, 3.05) is 0 Å². The quantitative estimate of drug-likeness (QED) is 0.689. The van der Waals surface area contributed by atoms with Crippen LogP contribution in [-0.4, -0.2) is 11.3 Å². The highest BCUT2D eigenvalue weighted by Crippen LogP contribution is 2.33. The van der Waals surface area contributed by atoms with Gasteiger partial charge in [-0.25, -0.2) is 8.78 Å². The van der Waals surface area contributed by atoms with E-state index in [1.54, 1.807) is 0 Å². The molecule has 2 aromatic carbocycles. The van der Waals surface area contributed by atoms with E-state index in [1.165, 1.54) is 12.1 Å². The second-order valence-corrected chi connectivity index (χ2v) is 5.16. The van der Waals surface area contributed by atoms with Crippen molar-refractivity contribution in [3.63, 3.8) is 0 Å². The summed E-state index contributed by atoms with van der Waals surface area (Å²) < 4.78 is 27.0. The number of carbonyl (C=O) groups excluding carboxylic acids is 1. The Hall–Kier alpha value is -2.49. The first-order valence-electron chi connectivity index (χ1n) is 6.55. The standard InChI is InChI=1S/C17H13F2NO/c1-9-5-10(2)16-13(8-21)17(20-15(16)6-9)12-4-3-11(18)7-14(12)19/h3-8,20H,1-2H3. The molecule has 0 atom stereocenters. The normalized spacial score (nSPS) is 11.0. The molecule has 106 valence electrons. The molecule has 0 amide bonds. The topological polar surface area (TPSA) is 32.9 Å². The molecule has 0 aliphatic rings. The minimum absolute atomic E-state index is 0.187. The molecule has 0 aliphatic heterocycles. The van der Waals surface area contributed by atoms with E-state index < -0.39 is 11.6 Å². The van der Waals surface area contributed by atoms with E-state index in [4.69, 9.17) is 0 Å². The molecule has 0 radical (unpaired) electrons. The second kappa shape index (κ2) is 4.81. The minimum Gasteiger partial charge on any atom is -0.354 e. The van der Waals surface area contributed by atoms with Gasteiger partial charge in [-0.3, -0.25) is 4.79 Å². The van der Waals surface area contributed by atoms with Crippen molar-refractivity contribution in [3.8, 4) is 11.3 Å². The summed E-state index contributed by atoms with van der Waals surface area (Å²) in [7, 11) is 0. The number of aromatic amines is 1. The Labute approximate surface area is 120 Å². The average Bonchev–Trinajstić information content (AvgIpc) is 2.76. The smallest absolute Gasteiger partial charge is 0.152 e. The molecule has 0 saturated heterocycles. The molecule has 0 aliphatic carbocycles. The molecular weight excluding hydrogens is 272 g/mol. The summed E-state index contributed by atoms with van der Waals surface area (Å²) in [5, 5.41) is 0.773. The molecule has 0 spiro atoms. The van der Waals surface area contributed by atoms with E-state index >= 15 is 0 Å². The lowest BCUT2D eigenvalue weighted by atomic mass is 10.0. The SMILES string of the molecule is Cc1cc(C)c2c(C=O)c(-c3ccc(F)cc3F)[nH]c2c1. The highest BCUT2D eigenvalue weighted by molar-refractivity contribution is 6.06. The zero-order valence-corrected chi connectivity index (χ0v) is 11.6. The van der Waals surface area contributed by atoms with Crippen molar-refractivity contribution < 1.29 is 13.6 Å². The van der Waals surface area contributed by atoms with Gasteiger partial charge in [0.1, 0.15) is 11.6 Å². The first kappa shape index (κ1) is 13.5. The number of aryl methyl sites for hydroxylation is 2. The number of benzene rings is 2. The van der Waals surface area contributed by atoms with Gasteiger partial charge in [0, 0.05) is 28.1 Å². The average molecular weight is 285 g/mol. The van der Waals surface area contributed by atoms with Crippen LogP contribution in [0.15, 0.2) is 30.3 Å². The molecule has 0 bridgehead atoms. The van der Waals surface area contributed by atoms with Gasteiger partial charge < -0.3 is 4.98 Å². The summed E-state index contributed by atoms with van der Waals surface area (Å²) >= 11 is 0. The van der Waals surface area contributed by atoms with Crippen molar-refractivity contribution >= 4 is 17.2 Å². The highest BCUT2D eigenvalue weighted by atomic mass is 19.1. The minimum atomic E-state index is -0.695. The number of hydrogen-bond acceptors (Lipinski definition) is 1. The fourth-order valence-corrected chi connectivity index (χ4v) is 2.77. The van der Waals surface area contributed by atoms with Gasteiger partial charge in [0.25, 0.3) is 0 Å². The van der Waals surface area contributed by atoms with E-state index in [2.05, 4.69) is 4.98 Å². The summed E-state index contributed by atoms with van der Waals surface area (Å²) in [6, 6.07) is 7.20. The fraction of sp³-hybridized carbons (Fsp3) is 0.118. The summed E-state index contributed by atoms with van der Waals surface area (Å²) in [5.41, 5.74) is 3.72. The van der Waals surface area contributed by atoms with Crippen LogP contribution < -0.4 is 0 Å². The molecule has 3 aromatic rings. The fourth-order valence-electron chi connectivity index (χ4n) is 2.77. The van der Waals surface area contributed by atoms with Crippen LogP contribution in [0.2, 0.25) is 0 Å². The number of fused-ring (bicyclic) bond motifs is 1. The van der Waals surface area contributed by atoms with Crippen molar-refractivity contribution in [3.05, 3.63) is 58.7 Å². The number of halogens is 2. The number of aldehydes is 1. The summed E-state index contributed by atoms with van der Waals surface area (Å²) in [5.74, 6) is -1.34. The zero-order chi connectivity index (χ0) is 15.1. The molecule has 1 N–H and O–H groups in total. The molecule has 3 rings (SSSR count). The Kier molecular flexibility index (Phi) is 3.09. The van der Waals surface area contributed by atoms with E-state index in [9.17, 15) is 13.6 Å². The lowest BCUT2D eigenvalue weighted by Gasteiger charge is -2.02. The highest BCUT2D eigenvalue weighted by Gasteiger charge is 2.17. The number of H-pyrrole nitrogens is 1. The maximum absolute atomic E-state index is 14.0. The molecule has 1 aromatic heterocycles. The van der Waals surface area contributed by atoms with E-state index in [1.807, 2.05) is 26.0 Å². The Morgan fingerprint density at radius 2 is 1.86 bits per heavy atom. The number of carbonyl (C=O) groups is 1. The van der Waals surface area contributed by atoms with Crippen molar-refractivity contribution in [2.45, 2.75) is 13.8 Å². The van der Waals surface area contributed by atoms with Gasteiger partial charge in [-0.1, -0.05) is 6.07 Å². The Morgan fingerprint density at radius 3 is 2.52 bits per heavy atom. The second-order valence-electron chi connectivity index (χ2n) is 5.16. The largest absolute Gasteiger partial charge is 0.354 e. The van der Waals surface area contributed by atoms with Crippen LogP contribution in [-0.2, 0) is 0 Å². The van der Waals surface area contributed by atoms with Gasteiger partial charge in [-0.2, -0.15) is 0 Å². The molecular formula is C17H13F2NO. The van der Waals surface area contributed by atoms with Gasteiger partial charge in [-0.05, 0) is 43.2 Å². The number of nitrogens with one attached hydrogen (secondary N) is 1. The number of rotatable bonds is 2. The molecule has 4 heteroatoms. The molecule has 0 saturated carbocycles. The Bertz CT molecular complexity index is 865.